The van der Waals surface area contributed by atoms with Crippen molar-refractivity contribution in [3.63, 3.8) is 0 Å². The van der Waals surface area contributed by atoms with Crippen LogP contribution in [0, 0.1) is 0 Å². The summed E-state index contributed by atoms with van der Waals surface area (Å²) >= 11 is 0. The Balaban J connectivity index is 1.48. The first-order chi connectivity index (χ1) is 11.2. The highest BCUT2D eigenvalue weighted by atomic mass is 16.5. The van der Waals surface area contributed by atoms with Gasteiger partial charge in [-0.1, -0.05) is 0 Å². The summed E-state index contributed by atoms with van der Waals surface area (Å²) in [5, 5.41) is 0. The molecule has 3 rings (SSSR count). The molecule has 0 N–H and O–H groups in total. The molecule has 2 aliphatic rings. The first-order valence-corrected chi connectivity index (χ1v) is 8.45. The maximum atomic E-state index is 12.3. The zero-order valence-corrected chi connectivity index (χ0v) is 13.7. The van der Waals surface area contributed by atoms with E-state index in [1.807, 2.05) is 23.1 Å². The predicted molar refractivity (Wildman–Crippen MR) is 89.9 cm³/mol. The van der Waals surface area contributed by atoms with Gasteiger partial charge >= 0.3 is 0 Å². The summed E-state index contributed by atoms with van der Waals surface area (Å²) < 4.78 is 5.61. The average molecular weight is 315 g/mol. The van der Waals surface area contributed by atoms with Crippen LogP contribution in [0.1, 0.15) is 25.3 Å². The van der Waals surface area contributed by atoms with E-state index in [1.54, 1.807) is 18.5 Å². The monoisotopic (exact) mass is 315 g/mol. The van der Waals surface area contributed by atoms with Gasteiger partial charge in [0.25, 0.3) is 0 Å². The summed E-state index contributed by atoms with van der Waals surface area (Å²) in [6, 6.07) is 4.39. The van der Waals surface area contributed by atoms with Crippen LogP contribution >= 0.6 is 0 Å². The van der Waals surface area contributed by atoms with Crippen molar-refractivity contribution in [1.82, 2.24) is 14.8 Å². The maximum absolute atomic E-state index is 12.3. The molecule has 0 radical (unpaired) electrons. The Kier molecular flexibility index (Phi) is 5.41. The van der Waals surface area contributed by atoms with Crippen LogP contribution in [0.3, 0.4) is 0 Å². The van der Waals surface area contributed by atoms with Gasteiger partial charge in [-0.3, -0.25) is 14.7 Å². The van der Waals surface area contributed by atoms with Gasteiger partial charge in [-0.2, -0.15) is 0 Å². The van der Waals surface area contributed by atoms with E-state index in [9.17, 15) is 4.79 Å². The normalized spacial score (nSPS) is 24.2. The van der Waals surface area contributed by atoms with Crippen LogP contribution in [0.4, 0.5) is 0 Å². The molecule has 0 bridgehead atoms. The van der Waals surface area contributed by atoms with Crippen LogP contribution in [0.15, 0.2) is 30.6 Å². The minimum absolute atomic E-state index is 0.107. The number of carbonyl (C=O) groups excluding carboxylic acids is 1. The molecule has 5 heteroatoms. The highest BCUT2D eigenvalue weighted by molar-refractivity contribution is 5.91. The van der Waals surface area contributed by atoms with Crippen LogP contribution in [-0.2, 0) is 9.53 Å². The summed E-state index contributed by atoms with van der Waals surface area (Å²) in [6.07, 6.45) is 9.44. The van der Waals surface area contributed by atoms with Crippen LogP contribution < -0.4 is 0 Å². The number of likely N-dealkylation sites (tertiary alicyclic amines) is 1. The Morgan fingerprint density at radius 2 is 2.00 bits per heavy atom. The van der Waals surface area contributed by atoms with Crippen molar-refractivity contribution in [2.45, 2.75) is 31.9 Å². The summed E-state index contributed by atoms with van der Waals surface area (Å²) in [5.41, 5.74) is 1.01. The van der Waals surface area contributed by atoms with Gasteiger partial charge in [-0.25, -0.2) is 0 Å². The van der Waals surface area contributed by atoms with E-state index in [1.165, 1.54) is 0 Å². The van der Waals surface area contributed by atoms with Crippen molar-refractivity contribution in [3.05, 3.63) is 36.2 Å². The van der Waals surface area contributed by atoms with Gasteiger partial charge in [0.15, 0.2) is 0 Å². The lowest BCUT2D eigenvalue weighted by Crippen LogP contribution is -2.51. The molecule has 2 fully saturated rings. The number of nitrogens with zero attached hydrogens (tertiary/aromatic N) is 3. The van der Waals surface area contributed by atoms with E-state index in [0.717, 1.165) is 51.2 Å². The van der Waals surface area contributed by atoms with E-state index >= 15 is 0 Å². The molecule has 0 aliphatic carbocycles. The Labute approximate surface area is 137 Å². The van der Waals surface area contributed by atoms with Gasteiger partial charge in [0.05, 0.1) is 12.7 Å². The van der Waals surface area contributed by atoms with E-state index in [4.69, 9.17) is 4.74 Å². The van der Waals surface area contributed by atoms with E-state index in [2.05, 4.69) is 16.8 Å². The molecule has 2 saturated heterocycles. The number of amides is 1. The second-order valence-electron chi connectivity index (χ2n) is 6.35. The first-order valence-electron chi connectivity index (χ1n) is 8.45. The fourth-order valence-corrected chi connectivity index (χ4v) is 3.38. The number of pyridine rings is 1. The lowest BCUT2D eigenvalue weighted by Gasteiger charge is -2.41. The first kappa shape index (κ1) is 16.1. The molecule has 23 heavy (non-hydrogen) atoms. The number of morpholine rings is 1. The van der Waals surface area contributed by atoms with Gasteiger partial charge in [-0.05, 0) is 43.5 Å². The zero-order valence-electron chi connectivity index (χ0n) is 13.7. The van der Waals surface area contributed by atoms with E-state index < -0.39 is 0 Å². The molecular formula is C18H25N3O2. The minimum Gasteiger partial charge on any atom is -0.376 e. The number of rotatable bonds is 3. The lowest BCUT2D eigenvalue weighted by atomic mass is 10.0. The molecule has 0 saturated carbocycles. The summed E-state index contributed by atoms with van der Waals surface area (Å²) in [6.45, 7) is 6.68. The Hall–Kier alpha value is -1.72. The third kappa shape index (κ3) is 4.39. The fourth-order valence-electron chi connectivity index (χ4n) is 3.38. The molecule has 0 spiro atoms. The molecule has 124 valence electrons. The number of ether oxygens (including phenoxy) is 1. The molecule has 5 nitrogen and oxygen atoms in total. The lowest BCUT2D eigenvalue weighted by molar-refractivity contribution is -0.128. The Bertz CT molecular complexity index is 538. The predicted octanol–water partition coefficient (Wildman–Crippen LogP) is 1.81. The quantitative estimate of drug-likeness (QED) is 0.798. The van der Waals surface area contributed by atoms with Crippen LogP contribution in [0.25, 0.3) is 6.08 Å². The second-order valence-corrected chi connectivity index (χ2v) is 6.35. The van der Waals surface area contributed by atoms with Crippen LogP contribution in [-0.4, -0.2) is 65.6 Å². The molecule has 0 unspecified atom stereocenters. The minimum atomic E-state index is 0.107. The van der Waals surface area contributed by atoms with E-state index in [-0.39, 0.29) is 5.91 Å². The SMILES string of the molecule is C[C@@H]1CN(C2CCN(C(=O)/C=C/c3ccncc3)CC2)CCO1. The smallest absolute Gasteiger partial charge is 0.246 e. The van der Waals surface area contributed by atoms with Crippen molar-refractivity contribution in [2.75, 3.05) is 32.8 Å². The zero-order chi connectivity index (χ0) is 16.1. The van der Waals surface area contributed by atoms with E-state index in [0.29, 0.717) is 12.1 Å². The van der Waals surface area contributed by atoms with Crippen molar-refractivity contribution < 1.29 is 9.53 Å². The van der Waals surface area contributed by atoms with Crippen LogP contribution in [0.2, 0.25) is 0 Å². The number of hydrogen-bond donors (Lipinski definition) is 0. The largest absolute Gasteiger partial charge is 0.376 e. The van der Waals surface area contributed by atoms with Gasteiger partial charge in [0, 0.05) is 50.7 Å². The van der Waals surface area contributed by atoms with Crippen molar-refractivity contribution in [1.29, 1.82) is 0 Å². The summed E-state index contributed by atoms with van der Waals surface area (Å²) in [5.74, 6) is 0.107. The number of aromatic nitrogens is 1. The Morgan fingerprint density at radius 3 is 2.70 bits per heavy atom. The molecule has 1 aromatic rings. The third-order valence-corrected chi connectivity index (χ3v) is 4.69. The molecule has 2 aliphatic heterocycles. The van der Waals surface area contributed by atoms with Gasteiger partial charge in [0.2, 0.25) is 5.91 Å². The van der Waals surface area contributed by atoms with Crippen LogP contribution in [0.5, 0.6) is 0 Å². The third-order valence-electron chi connectivity index (χ3n) is 4.69. The van der Waals surface area contributed by atoms with Gasteiger partial charge < -0.3 is 9.64 Å². The molecule has 1 aromatic heterocycles. The highest BCUT2D eigenvalue weighted by Gasteiger charge is 2.28. The van der Waals surface area contributed by atoms with Gasteiger partial charge in [0.1, 0.15) is 0 Å². The topological polar surface area (TPSA) is 45.7 Å². The number of piperidine rings is 1. The van der Waals surface area contributed by atoms with Crippen molar-refractivity contribution >= 4 is 12.0 Å². The number of hydrogen-bond acceptors (Lipinski definition) is 4. The second kappa shape index (κ2) is 7.70. The molecule has 1 amide bonds. The molecule has 0 aromatic carbocycles. The molecule has 3 heterocycles. The molecular weight excluding hydrogens is 290 g/mol. The van der Waals surface area contributed by atoms with Crippen molar-refractivity contribution in [3.8, 4) is 0 Å². The molecule has 1 atom stereocenters. The average Bonchev–Trinajstić information content (AvgIpc) is 2.61. The highest BCUT2D eigenvalue weighted by Crippen LogP contribution is 2.19. The maximum Gasteiger partial charge on any atom is 0.246 e. The Morgan fingerprint density at radius 1 is 1.26 bits per heavy atom. The standard InChI is InChI=1S/C18H25N3O2/c1-15-14-21(12-13-23-15)17-6-10-20(11-7-17)18(22)3-2-16-4-8-19-9-5-16/h2-5,8-9,15,17H,6-7,10-14H2,1H3/b3-2+/t15-/m1/s1. The number of carbonyl (C=O) groups is 1. The summed E-state index contributed by atoms with van der Waals surface area (Å²) in [4.78, 5) is 20.8. The van der Waals surface area contributed by atoms with Crippen molar-refractivity contribution in [2.24, 2.45) is 0 Å². The van der Waals surface area contributed by atoms with Gasteiger partial charge in [-0.15, -0.1) is 0 Å². The fraction of sp³-hybridized carbons (Fsp3) is 0.556. The summed E-state index contributed by atoms with van der Waals surface area (Å²) in [7, 11) is 0.